The van der Waals surface area contributed by atoms with Crippen LogP contribution in [0, 0.1) is 6.92 Å². The number of carbonyl (C=O) groups excluding carboxylic acids is 1. The minimum atomic E-state index is -0.381. The van der Waals surface area contributed by atoms with Crippen LogP contribution < -0.4 is 20.1 Å². The van der Waals surface area contributed by atoms with Crippen molar-refractivity contribution in [1.82, 2.24) is 5.32 Å². The van der Waals surface area contributed by atoms with Gasteiger partial charge >= 0.3 is 5.97 Å². The number of aryl methyl sites for hydroxylation is 1. The first kappa shape index (κ1) is 24.5. The fraction of sp³-hybridized carbons (Fsp3) is 0.280. The molecule has 6 nitrogen and oxygen atoms in total. The third kappa shape index (κ3) is 5.64. The van der Waals surface area contributed by atoms with Crippen LogP contribution in [0.15, 0.2) is 48.5 Å². The molecule has 0 radical (unpaired) electrons. The van der Waals surface area contributed by atoms with Crippen molar-refractivity contribution in [3.05, 3.63) is 64.5 Å². The number of anilines is 1. The van der Waals surface area contributed by atoms with Crippen molar-refractivity contribution in [2.75, 3.05) is 26.1 Å². The Morgan fingerprint density at radius 1 is 1.12 bits per heavy atom. The van der Waals surface area contributed by atoms with E-state index in [2.05, 4.69) is 10.6 Å². The van der Waals surface area contributed by atoms with E-state index < -0.39 is 0 Å². The summed E-state index contributed by atoms with van der Waals surface area (Å²) in [6.45, 7) is 6.05. The summed E-state index contributed by atoms with van der Waals surface area (Å²) in [6, 6.07) is 15.2. The predicted molar refractivity (Wildman–Crippen MR) is 138 cm³/mol. The number of methoxy groups -OCH3 is 2. The number of thiocarbonyl (C=S) groups is 1. The molecular formula is C25H28N2O4S2. The first-order valence-electron chi connectivity index (χ1n) is 10.5. The summed E-state index contributed by atoms with van der Waals surface area (Å²) >= 11 is 7.06. The summed E-state index contributed by atoms with van der Waals surface area (Å²) in [5.41, 5.74) is 3.20. The molecule has 3 aromatic rings. The van der Waals surface area contributed by atoms with Crippen LogP contribution in [-0.4, -0.2) is 31.9 Å². The smallest absolute Gasteiger partial charge is 0.341 e. The maximum atomic E-state index is 12.9. The molecule has 1 atom stereocenters. The van der Waals surface area contributed by atoms with E-state index in [1.165, 1.54) is 11.3 Å². The summed E-state index contributed by atoms with van der Waals surface area (Å²) < 4.78 is 16.2. The summed E-state index contributed by atoms with van der Waals surface area (Å²) in [7, 11) is 3.25. The van der Waals surface area contributed by atoms with Crippen molar-refractivity contribution < 1.29 is 19.0 Å². The zero-order chi connectivity index (χ0) is 24.0. The Kier molecular flexibility index (Phi) is 8.30. The highest BCUT2D eigenvalue weighted by Crippen LogP contribution is 2.40. The predicted octanol–water partition coefficient (Wildman–Crippen LogP) is 5.97. The minimum Gasteiger partial charge on any atom is -0.497 e. The van der Waals surface area contributed by atoms with Crippen LogP contribution in [0.2, 0.25) is 0 Å². The van der Waals surface area contributed by atoms with Crippen LogP contribution in [0.5, 0.6) is 11.5 Å². The second-order valence-corrected chi connectivity index (χ2v) is 8.88. The summed E-state index contributed by atoms with van der Waals surface area (Å²) in [5, 5.41) is 7.52. The van der Waals surface area contributed by atoms with Gasteiger partial charge in [0.2, 0.25) is 0 Å². The monoisotopic (exact) mass is 484 g/mol. The van der Waals surface area contributed by atoms with Crippen molar-refractivity contribution >= 4 is 39.6 Å². The van der Waals surface area contributed by atoms with Gasteiger partial charge in [0, 0.05) is 16.0 Å². The fourth-order valence-electron chi connectivity index (χ4n) is 3.57. The minimum absolute atomic E-state index is 0.171. The number of rotatable bonds is 8. The third-order valence-electron chi connectivity index (χ3n) is 5.10. The van der Waals surface area contributed by atoms with Gasteiger partial charge in [0.05, 0.1) is 26.9 Å². The van der Waals surface area contributed by atoms with Crippen LogP contribution in [0.4, 0.5) is 5.00 Å². The Labute approximate surface area is 203 Å². The average molecular weight is 485 g/mol. The number of hydrogen-bond acceptors (Lipinski definition) is 6. The largest absolute Gasteiger partial charge is 0.497 e. The molecule has 3 rings (SSSR count). The van der Waals surface area contributed by atoms with Crippen LogP contribution in [0.25, 0.3) is 11.1 Å². The lowest BCUT2D eigenvalue weighted by Gasteiger charge is -2.20. The molecular weight excluding hydrogens is 456 g/mol. The topological polar surface area (TPSA) is 68.8 Å². The lowest BCUT2D eigenvalue weighted by molar-refractivity contribution is 0.0529. The fourth-order valence-corrected chi connectivity index (χ4v) is 4.99. The molecule has 0 fully saturated rings. The van der Waals surface area contributed by atoms with Crippen molar-refractivity contribution in [3.8, 4) is 22.6 Å². The maximum absolute atomic E-state index is 12.9. The SMILES string of the molecule is CCOC(=O)c1c(NC(=S)NC(C)c2cc(OC)ccc2OC)sc(C)c1-c1ccccc1. The Hall–Kier alpha value is -3.10. The van der Waals surface area contributed by atoms with Gasteiger partial charge in [-0.15, -0.1) is 11.3 Å². The second-order valence-electron chi connectivity index (χ2n) is 7.25. The molecule has 1 unspecified atom stereocenters. The summed E-state index contributed by atoms with van der Waals surface area (Å²) in [5.74, 6) is 1.07. The maximum Gasteiger partial charge on any atom is 0.341 e. The van der Waals surface area contributed by atoms with E-state index in [4.69, 9.17) is 26.4 Å². The summed E-state index contributed by atoms with van der Waals surface area (Å²) in [6.07, 6.45) is 0. The molecule has 0 aliphatic rings. The zero-order valence-electron chi connectivity index (χ0n) is 19.4. The molecule has 0 bridgehead atoms. The van der Waals surface area contributed by atoms with Gasteiger partial charge in [0.15, 0.2) is 5.11 Å². The van der Waals surface area contributed by atoms with Gasteiger partial charge in [0.1, 0.15) is 22.1 Å². The lowest BCUT2D eigenvalue weighted by atomic mass is 10.0. The standard InChI is InChI=1S/C25H28N2O4S2/c1-6-31-24(28)22-21(17-10-8-7-9-11-17)16(3)33-23(22)27-25(32)26-15(2)19-14-18(29-4)12-13-20(19)30-5/h7-15H,6H2,1-5H3,(H2,26,27,32). The zero-order valence-corrected chi connectivity index (χ0v) is 21.0. The molecule has 0 saturated heterocycles. The number of benzene rings is 2. The van der Waals surface area contributed by atoms with Gasteiger partial charge in [0.25, 0.3) is 0 Å². The first-order valence-corrected chi connectivity index (χ1v) is 11.8. The molecule has 0 amide bonds. The molecule has 8 heteroatoms. The molecule has 174 valence electrons. The average Bonchev–Trinajstić information content (AvgIpc) is 3.14. The van der Waals surface area contributed by atoms with Crippen LogP contribution in [0.1, 0.15) is 40.7 Å². The van der Waals surface area contributed by atoms with Gasteiger partial charge in [-0.1, -0.05) is 30.3 Å². The van der Waals surface area contributed by atoms with Gasteiger partial charge in [-0.25, -0.2) is 4.79 Å². The van der Waals surface area contributed by atoms with E-state index in [9.17, 15) is 4.79 Å². The van der Waals surface area contributed by atoms with E-state index in [1.807, 2.05) is 62.4 Å². The highest BCUT2D eigenvalue weighted by molar-refractivity contribution is 7.80. The summed E-state index contributed by atoms with van der Waals surface area (Å²) in [4.78, 5) is 13.9. The Morgan fingerprint density at radius 3 is 2.48 bits per heavy atom. The second kappa shape index (κ2) is 11.2. The van der Waals surface area contributed by atoms with Gasteiger partial charge < -0.3 is 24.8 Å². The van der Waals surface area contributed by atoms with Crippen molar-refractivity contribution in [2.45, 2.75) is 26.8 Å². The van der Waals surface area contributed by atoms with Crippen LogP contribution >= 0.6 is 23.6 Å². The number of carbonyl (C=O) groups is 1. The van der Waals surface area contributed by atoms with E-state index in [0.29, 0.717) is 15.7 Å². The number of ether oxygens (including phenoxy) is 3. The van der Waals surface area contributed by atoms with Crippen LogP contribution in [0.3, 0.4) is 0 Å². The van der Waals surface area contributed by atoms with E-state index in [1.54, 1.807) is 21.1 Å². The van der Waals surface area contributed by atoms with Crippen molar-refractivity contribution in [1.29, 1.82) is 0 Å². The number of nitrogens with one attached hydrogen (secondary N) is 2. The van der Waals surface area contributed by atoms with E-state index >= 15 is 0 Å². The Bertz CT molecular complexity index is 1130. The Balaban J connectivity index is 1.89. The van der Waals surface area contributed by atoms with Crippen molar-refractivity contribution in [2.24, 2.45) is 0 Å². The van der Waals surface area contributed by atoms with Gasteiger partial charge in [-0.2, -0.15) is 0 Å². The first-order chi connectivity index (χ1) is 15.9. The normalized spacial score (nSPS) is 11.4. The quantitative estimate of drug-likeness (QED) is 0.302. The van der Waals surface area contributed by atoms with Gasteiger partial charge in [-0.05, 0) is 56.8 Å². The van der Waals surface area contributed by atoms with E-state index in [0.717, 1.165) is 33.1 Å². The van der Waals surface area contributed by atoms with Crippen molar-refractivity contribution in [3.63, 3.8) is 0 Å². The molecule has 1 aromatic heterocycles. The molecule has 0 spiro atoms. The molecule has 2 N–H and O–H groups in total. The Morgan fingerprint density at radius 2 is 1.85 bits per heavy atom. The van der Waals surface area contributed by atoms with Gasteiger partial charge in [-0.3, -0.25) is 0 Å². The number of esters is 1. The third-order valence-corrected chi connectivity index (χ3v) is 6.34. The van der Waals surface area contributed by atoms with Crippen LogP contribution in [-0.2, 0) is 4.74 Å². The highest BCUT2D eigenvalue weighted by Gasteiger charge is 2.25. The highest BCUT2D eigenvalue weighted by atomic mass is 32.1. The molecule has 1 heterocycles. The van der Waals surface area contributed by atoms with E-state index in [-0.39, 0.29) is 18.6 Å². The molecule has 2 aromatic carbocycles. The number of hydrogen-bond donors (Lipinski definition) is 2. The molecule has 33 heavy (non-hydrogen) atoms. The number of thiophene rings is 1. The lowest BCUT2D eigenvalue weighted by Crippen LogP contribution is -2.31. The molecule has 0 aliphatic heterocycles. The molecule has 0 saturated carbocycles. The molecule has 0 aliphatic carbocycles.